The van der Waals surface area contributed by atoms with Gasteiger partial charge >= 0.3 is 5.97 Å². The van der Waals surface area contributed by atoms with Crippen LogP contribution in [0.1, 0.15) is 10.4 Å². The van der Waals surface area contributed by atoms with Crippen molar-refractivity contribution in [3.8, 4) is 0 Å². The minimum Gasteiger partial charge on any atom is -0.465 e. The number of benzene rings is 1. The normalized spacial score (nSPS) is 9.69. The van der Waals surface area contributed by atoms with Crippen molar-refractivity contribution in [3.05, 3.63) is 33.9 Å². The lowest BCUT2D eigenvalue weighted by Crippen LogP contribution is -2.16. The van der Waals surface area contributed by atoms with Gasteiger partial charge in [-0.15, -0.1) is 0 Å². The molecule has 0 heterocycles. The summed E-state index contributed by atoms with van der Waals surface area (Å²) in [6.07, 6.45) is 0. The van der Waals surface area contributed by atoms with Gasteiger partial charge in [-0.1, -0.05) is 6.07 Å². The van der Waals surface area contributed by atoms with Crippen LogP contribution in [0.25, 0.3) is 0 Å². The zero-order valence-electron chi connectivity index (χ0n) is 9.26. The van der Waals surface area contributed by atoms with Crippen LogP contribution in [0.5, 0.6) is 0 Å². The summed E-state index contributed by atoms with van der Waals surface area (Å²) in [5.41, 5.74) is 0.314. The summed E-state index contributed by atoms with van der Waals surface area (Å²) in [5, 5.41) is 10.8. The van der Waals surface area contributed by atoms with E-state index in [9.17, 15) is 14.9 Å². The minimum absolute atomic E-state index is 0.118. The number of carbonyl (C=O) groups is 1. The minimum atomic E-state index is -0.590. The monoisotopic (exact) mass is 224 g/mol. The Morgan fingerprint density at radius 1 is 1.44 bits per heavy atom. The van der Waals surface area contributed by atoms with Gasteiger partial charge in [0.2, 0.25) is 0 Å². The van der Waals surface area contributed by atoms with Crippen molar-refractivity contribution < 1.29 is 14.5 Å². The quantitative estimate of drug-likeness (QED) is 0.441. The zero-order valence-corrected chi connectivity index (χ0v) is 9.26. The number of esters is 1. The lowest BCUT2D eigenvalue weighted by molar-refractivity contribution is -0.384. The number of nitro benzene ring substituents is 1. The zero-order chi connectivity index (χ0) is 12.3. The largest absolute Gasteiger partial charge is 0.465 e. The van der Waals surface area contributed by atoms with Crippen LogP contribution in [-0.4, -0.2) is 32.1 Å². The highest BCUT2D eigenvalue weighted by Gasteiger charge is 2.23. The molecule has 0 bridgehead atoms. The van der Waals surface area contributed by atoms with E-state index in [0.717, 1.165) is 0 Å². The fourth-order valence-corrected chi connectivity index (χ4v) is 1.42. The summed E-state index contributed by atoms with van der Waals surface area (Å²) in [4.78, 5) is 23.3. The highest BCUT2D eigenvalue weighted by molar-refractivity contribution is 5.98. The van der Waals surface area contributed by atoms with E-state index in [1.165, 1.54) is 30.2 Å². The second kappa shape index (κ2) is 4.61. The van der Waals surface area contributed by atoms with Gasteiger partial charge in [-0.05, 0) is 6.07 Å². The Balaban J connectivity index is 3.44. The SMILES string of the molecule is COC(=O)c1cccc([N+](=O)[O-])c1N(C)C. The Labute approximate surface area is 92.6 Å². The van der Waals surface area contributed by atoms with Crippen molar-refractivity contribution in [2.75, 3.05) is 26.1 Å². The number of nitrogens with zero attached hydrogens (tertiary/aromatic N) is 2. The van der Waals surface area contributed by atoms with E-state index in [1.807, 2.05) is 0 Å². The smallest absolute Gasteiger partial charge is 0.340 e. The average Bonchev–Trinajstić information content (AvgIpc) is 2.26. The number of anilines is 1. The van der Waals surface area contributed by atoms with Gasteiger partial charge < -0.3 is 9.64 Å². The van der Waals surface area contributed by atoms with E-state index in [-0.39, 0.29) is 16.9 Å². The predicted octanol–water partition coefficient (Wildman–Crippen LogP) is 1.45. The van der Waals surface area contributed by atoms with E-state index >= 15 is 0 Å². The number of para-hydroxylation sites is 1. The maximum Gasteiger partial charge on any atom is 0.340 e. The predicted molar refractivity (Wildman–Crippen MR) is 58.8 cm³/mol. The van der Waals surface area contributed by atoms with Gasteiger partial charge in [0.25, 0.3) is 5.69 Å². The third-order valence-corrected chi connectivity index (χ3v) is 2.06. The highest BCUT2D eigenvalue weighted by Crippen LogP contribution is 2.30. The molecule has 0 saturated carbocycles. The van der Waals surface area contributed by atoms with Gasteiger partial charge in [-0.2, -0.15) is 0 Å². The number of methoxy groups -OCH3 is 1. The molecule has 0 aliphatic rings. The Morgan fingerprint density at radius 3 is 2.50 bits per heavy atom. The van der Waals surface area contributed by atoms with E-state index in [2.05, 4.69) is 4.74 Å². The van der Waals surface area contributed by atoms with Crippen molar-refractivity contribution in [1.29, 1.82) is 0 Å². The summed E-state index contributed by atoms with van der Waals surface area (Å²) in [6, 6.07) is 4.30. The van der Waals surface area contributed by atoms with Crippen LogP contribution >= 0.6 is 0 Å². The highest BCUT2D eigenvalue weighted by atomic mass is 16.6. The molecule has 0 aromatic heterocycles. The van der Waals surface area contributed by atoms with Crippen LogP contribution in [0.3, 0.4) is 0 Å². The van der Waals surface area contributed by atoms with Crippen molar-refractivity contribution in [1.82, 2.24) is 0 Å². The molecule has 6 nitrogen and oxygen atoms in total. The Morgan fingerprint density at radius 2 is 2.06 bits per heavy atom. The van der Waals surface area contributed by atoms with Crippen molar-refractivity contribution in [3.63, 3.8) is 0 Å². The molecule has 0 aliphatic carbocycles. The molecule has 0 N–H and O–H groups in total. The second-order valence-corrected chi connectivity index (χ2v) is 3.32. The topological polar surface area (TPSA) is 72.7 Å². The van der Waals surface area contributed by atoms with Gasteiger partial charge in [0, 0.05) is 20.2 Å². The van der Waals surface area contributed by atoms with Crippen LogP contribution in [0.2, 0.25) is 0 Å². The fourth-order valence-electron chi connectivity index (χ4n) is 1.42. The molecule has 0 atom stereocenters. The molecule has 0 saturated heterocycles. The Hall–Kier alpha value is -2.11. The summed E-state index contributed by atoms with van der Waals surface area (Å²) in [5.74, 6) is -0.590. The molecule has 1 rings (SSSR count). The maximum atomic E-state index is 11.4. The van der Waals surface area contributed by atoms with Gasteiger partial charge in [0.15, 0.2) is 0 Å². The first-order valence-electron chi connectivity index (χ1n) is 4.52. The van der Waals surface area contributed by atoms with Crippen LogP contribution in [0.15, 0.2) is 18.2 Å². The summed E-state index contributed by atoms with van der Waals surface area (Å²) in [6.45, 7) is 0. The molecule has 0 amide bonds. The number of nitro groups is 1. The maximum absolute atomic E-state index is 11.4. The van der Waals surface area contributed by atoms with Gasteiger partial charge in [0.05, 0.1) is 17.6 Å². The Bertz CT molecular complexity index is 429. The summed E-state index contributed by atoms with van der Waals surface area (Å²) >= 11 is 0. The average molecular weight is 224 g/mol. The van der Waals surface area contributed by atoms with E-state index < -0.39 is 10.9 Å². The van der Waals surface area contributed by atoms with E-state index in [1.54, 1.807) is 14.1 Å². The first kappa shape index (κ1) is 12.0. The molecule has 0 radical (unpaired) electrons. The van der Waals surface area contributed by atoms with Crippen molar-refractivity contribution >= 4 is 17.3 Å². The fraction of sp³-hybridized carbons (Fsp3) is 0.300. The third kappa shape index (κ3) is 2.10. The second-order valence-electron chi connectivity index (χ2n) is 3.32. The van der Waals surface area contributed by atoms with Crippen LogP contribution in [0, 0.1) is 10.1 Å². The molecule has 1 aromatic rings. The third-order valence-electron chi connectivity index (χ3n) is 2.06. The number of rotatable bonds is 3. The Kier molecular flexibility index (Phi) is 3.44. The van der Waals surface area contributed by atoms with Crippen LogP contribution < -0.4 is 4.90 Å². The molecule has 0 fully saturated rings. The molecule has 0 spiro atoms. The van der Waals surface area contributed by atoms with E-state index in [0.29, 0.717) is 0 Å². The van der Waals surface area contributed by atoms with Gasteiger partial charge in [-0.25, -0.2) is 4.79 Å². The molecule has 0 aliphatic heterocycles. The first-order valence-corrected chi connectivity index (χ1v) is 4.52. The molecule has 86 valence electrons. The standard InChI is InChI=1S/C10H12N2O4/c1-11(2)9-7(10(13)16-3)5-4-6-8(9)12(14)15/h4-6H,1-3H3. The lowest BCUT2D eigenvalue weighted by Gasteiger charge is -2.15. The molecular formula is C10H12N2O4. The van der Waals surface area contributed by atoms with Crippen LogP contribution in [-0.2, 0) is 4.74 Å². The lowest BCUT2D eigenvalue weighted by atomic mass is 10.1. The summed E-state index contributed by atoms with van der Waals surface area (Å²) in [7, 11) is 4.50. The van der Waals surface area contributed by atoms with Crippen LogP contribution in [0.4, 0.5) is 11.4 Å². The first-order chi connectivity index (χ1) is 7.49. The van der Waals surface area contributed by atoms with E-state index in [4.69, 9.17) is 0 Å². The van der Waals surface area contributed by atoms with Gasteiger partial charge in [-0.3, -0.25) is 10.1 Å². The molecule has 6 heteroatoms. The molecule has 0 unspecified atom stereocenters. The van der Waals surface area contributed by atoms with Gasteiger partial charge in [0.1, 0.15) is 5.69 Å². The molecular weight excluding hydrogens is 212 g/mol. The number of carbonyl (C=O) groups excluding carboxylic acids is 1. The molecule has 16 heavy (non-hydrogen) atoms. The number of ether oxygens (including phenoxy) is 1. The molecule has 1 aromatic carbocycles. The number of hydrogen-bond acceptors (Lipinski definition) is 5. The summed E-state index contributed by atoms with van der Waals surface area (Å²) < 4.78 is 4.57. The number of hydrogen-bond donors (Lipinski definition) is 0. The van der Waals surface area contributed by atoms with Crippen molar-refractivity contribution in [2.24, 2.45) is 0 Å². The van der Waals surface area contributed by atoms with Crippen molar-refractivity contribution in [2.45, 2.75) is 0 Å².